The van der Waals surface area contributed by atoms with E-state index in [2.05, 4.69) is 4.98 Å². The summed E-state index contributed by atoms with van der Waals surface area (Å²) in [7, 11) is 0. The fourth-order valence-corrected chi connectivity index (χ4v) is 2.62. The highest BCUT2D eigenvalue weighted by atomic mass is 19.1. The minimum absolute atomic E-state index is 0.0434. The van der Waals surface area contributed by atoms with E-state index in [9.17, 15) is 14.0 Å². The van der Waals surface area contributed by atoms with Gasteiger partial charge in [-0.1, -0.05) is 18.2 Å². The molecule has 29 heavy (non-hydrogen) atoms. The molecule has 6 heteroatoms. The molecule has 0 saturated heterocycles. The van der Waals surface area contributed by atoms with E-state index >= 15 is 0 Å². The molecule has 0 bridgehead atoms. The van der Waals surface area contributed by atoms with E-state index < -0.39 is 0 Å². The number of nitrogens with zero attached hydrogens (tertiary/aromatic N) is 3. The van der Waals surface area contributed by atoms with Gasteiger partial charge in [-0.2, -0.15) is 0 Å². The molecule has 0 N–H and O–H groups in total. The van der Waals surface area contributed by atoms with Crippen molar-refractivity contribution in [2.24, 2.45) is 0 Å². The van der Waals surface area contributed by atoms with E-state index in [0.29, 0.717) is 11.3 Å². The smallest absolute Gasteiger partial charge is 0.255 e. The van der Waals surface area contributed by atoms with E-state index in [1.165, 1.54) is 22.8 Å². The Labute approximate surface area is 167 Å². The summed E-state index contributed by atoms with van der Waals surface area (Å²) in [4.78, 5) is 27.0. The van der Waals surface area contributed by atoms with Crippen molar-refractivity contribution in [3.8, 4) is 11.4 Å². The molecule has 0 unspecified atom stereocenters. The highest BCUT2D eigenvalue weighted by molar-refractivity contribution is 5.35. The van der Waals surface area contributed by atoms with E-state index in [4.69, 9.17) is 0 Å². The SMILES string of the molecule is Cc1ccc(-n2ccccc2=O)cc1F.Cc1ccc(-n2ccccc2=O)cn1. The molecular formula is C23H20FN3O2. The molecule has 4 rings (SSSR count). The van der Waals surface area contributed by atoms with Gasteiger partial charge in [0.05, 0.1) is 17.6 Å². The Morgan fingerprint density at radius 2 is 1.34 bits per heavy atom. The molecule has 3 aromatic heterocycles. The van der Waals surface area contributed by atoms with Gasteiger partial charge < -0.3 is 0 Å². The van der Waals surface area contributed by atoms with Gasteiger partial charge >= 0.3 is 0 Å². The van der Waals surface area contributed by atoms with Crippen LogP contribution in [-0.4, -0.2) is 14.1 Å². The third-order valence-electron chi connectivity index (χ3n) is 4.25. The monoisotopic (exact) mass is 389 g/mol. The molecule has 0 aliphatic carbocycles. The van der Waals surface area contributed by atoms with Crippen LogP contribution in [0.25, 0.3) is 11.4 Å². The number of hydrogen-bond donors (Lipinski definition) is 0. The largest absolute Gasteiger partial charge is 0.284 e. The topological polar surface area (TPSA) is 56.9 Å². The zero-order valence-electron chi connectivity index (χ0n) is 16.1. The van der Waals surface area contributed by atoms with Crippen LogP contribution < -0.4 is 11.1 Å². The summed E-state index contributed by atoms with van der Waals surface area (Å²) in [5.74, 6) is -0.303. The Kier molecular flexibility index (Phi) is 6.14. The Balaban J connectivity index is 0.000000166. The molecule has 0 aliphatic heterocycles. The van der Waals surface area contributed by atoms with Gasteiger partial charge in [-0.05, 0) is 55.8 Å². The van der Waals surface area contributed by atoms with Crippen LogP contribution in [0.3, 0.4) is 0 Å². The van der Waals surface area contributed by atoms with Gasteiger partial charge in [0.25, 0.3) is 11.1 Å². The van der Waals surface area contributed by atoms with Gasteiger partial charge in [0.1, 0.15) is 5.82 Å². The molecule has 0 aliphatic rings. The summed E-state index contributed by atoms with van der Waals surface area (Å²) in [6, 6.07) is 18.4. The number of benzene rings is 1. The minimum atomic E-state index is -0.303. The number of hydrogen-bond acceptors (Lipinski definition) is 3. The normalized spacial score (nSPS) is 10.2. The van der Waals surface area contributed by atoms with E-state index in [1.807, 2.05) is 25.1 Å². The second kappa shape index (κ2) is 8.93. The molecule has 146 valence electrons. The first-order chi connectivity index (χ1) is 14.0. The van der Waals surface area contributed by atoms with Gasteiger partial charge in [0, 0.05) is 30.2 Å². The lowest BCUT2D eigenvalue weighted by Gasteiger charge is -2.05. The van der Waals surface area contributed by atoms with Gasteiger partial charge in [-0.15, -0.1) is 0 Å². The fraction of sp³-hybridized carbons (Fsp3) is 0.0870. The van der Waals surface area contributed by atoms with Gasteiger partial charge in [-0.25, -0.2) is 4.39 Å². The predicted molar refractivity (Wildman–Crippen MR) is 111 cm³/mol. The Morgan fingerprint density at radius 3 is 1.86 bits per heavy atom. The quantitative estimate of drug-likeness (QED) is 0.524. The fourth-order valence-electron chi connectivity index (χ4n) is 2.62. The van der Waals surface area contributed by atoms with Gasteiger partial charge in [0.2, 0.25) is 0 Å². The van der Waals surface area contributed by atoms with Crippen molar-refractivity contribution in [1.82, 2.24) is 14.1 Å². The first-order valence-corrected chi connectivity index (χ1v) is 9.00. The van der Waals surface area contributed by atoms with Crippen molar-refractivity contribution in [2.45, 2.75) is 13.8 Å². The van der Waals surface area contributed by atoms with Crippen LogP contribution in [0.15, 0.2) is 94.9 Å². The maximum Gasteiger partial charge on any atom is 0.255 e. The Bertz CT molecular complexity index is 1230. The molecule has 1 aromatic carbocycles. The molecular weight excluding hydrogens is 369 g/mol. The van der Waals surface area contributed by atoms with Crippen LogP contribution in [0.2, 0.25) is 0 Å². The predicted octanol–water partition coefficient (Wildman–Crippen LogP) is 3.83. The molecule has 0 radical (unpaired) electrons. The lowest BCUT2D eigenvalue weighted by molar-refractivity contribution is 0.617. The van der Waals surface area contributed by atoms with Crippen LogP contribution in [0.5, 0.6) is 0 Å². The maximum atomic E-state index is 13.3. The first-order valence-electron chi connectivity index (χ1n) is 9.00. The van der Waals surface area contributed by atoms with Crippen molar-refractivity contribution < 1.29 is 4.39 Å². The summed E-state index contributed by atoms with van der Waals surface area (Å²) in [6.45, 7) is 3.60. The minimum Gasteiger partial charge on any atom is -0.284 e. The summed E-state index contributed by atoms with van der Waals surface area (Å²) >= 11 is 0. The van der Waals surface area contributed by atoms with Crippen molar-refractivity contribution in [3.05, 3.63) is 123 Å². The number of aryl methyl sites for hydroxylation is 2. The molecule has 0 spiro atoms. The molecule has 5 nitrogen and oxygen atoms in total. The average Bonchev–Trinajstić information content (AvgIpc) is 2.72. The molecule has 0 fully saturated rings. The summed E-state index contributed by atoms with van der Waals surface area (Å²) < 4.78 is 16.2. The van der Waals surface area contributed by atoms with Crippen molar-refractivity contribution in [3.63, 3.8) is 0 Å². The third kappa shape index (κ3) is 4.93. The summed E-state index contributed by atoms with van der Waals surface area (Å²) in [5, 5.41) is 0. The molecule has 0 amide bonds. The molecule has 0 atom stereocenters. The molecule has 4 aromatic rings. The second-order valence-corrected chi connectivity index (χ2v) is 6.41. The number of aromatic nitrogens is 3. The lowest BCUT2D eigenvalue weighted by atomic mass is 10.2. The van der Waals surface area contributed by atoms with Gasteiger partial charge in [-0.3, -0.25) is 23.7 Å². The zero-order valence-corrected chi connectivity index (χ0v) is 16.1. The third-order valence-corrected chi connectivity index (χ3v) is 4.25. The van der Waals surface area contributed by atoms with Crippen LogP contribution in [0.1, 0.15) is 11.3 Å². The highest BCUT2D eigenvalue weighted by Crippen LogP contribution is 2.11. The van der Waals surface area contributed by atoms with Crippen LogP contribution in [0.4, 0.5) is 4.39 Å². The zero-order chi connectivity index (χ0) is 20.8. The molecule has 0 saturated carbocycles. The summed E-state index contributed by atoms with van der Waals surface area (Å²) in [5.41, 5.74) is 2.64. The second-order valence-electron chi connectivity index (χ2n) is 6.41. The van der Waals surface area contributed by atoms with Crippen LogP contribution >= 0.6 is 0 Å². The number of pyridine rings is 3. The van der Waals surface area contributed by atoms with Crippen molar-refractivity contribution in [2.75, 3.05) is 0 Å². The standard InChI is InChI=1S/C12H10FNO.C11H10N2O/c1-9-5-6-10(8-11(9)13)14-7-3-2-4-12(14)15;1-9-5-6-10(8-12-9)13-7-3-2-4-11(13)14/h2-8H,1H3;2-8H,1H3. The number of rotatable bonds is 2. The first kappa shape index (κ1) is 19.9. The lowest BCUT2D eigenvalue weighted by Crippen LogP contribution is -2.15. The van der Waals surface area contributed by atoms with Gasteiger partial charge in [0.15, 0.2) is 0 Å². The van der Waals surface area contributed by atoms with Crippen LogP contribution in [0, 0.1) is 19.7 Å². The number of halogens is 1. The highest BCUT2D eigenvalue weighted by Gasteiger charge is 2.02. The van der Waals surface area contributed by atoms with Crippen molar-refractivity contribution in [1.29, 1.82) is 0 Å². The maximum absolute atomic E-state index is 13.3. The molecule has 3 heterocycles. The van der Waals surface area contributed by atoms with E-state index in [-0.39, 0.29) is 16.9 Å². The van der Waals surface area contributed by atoms with Crippen LogP contribution in [-0.2, 0) is 0 Å². The average molecular weight is 389 g/mol. The Morgan fingerprint density at radius 1 is 0.759 bits per heavy atom. The van der Waals surface area contributed by atoms with Crippen molar-refractivity contribution >= 4 is 0 Å². The summed E-state index contributed by atoms with van der Waals surface area (Å²) in [6.07, 6.45) is 5.04. The Hall–Kier alpha value is -3.80. The van der Waals surface area contributed by atoms with E-state index in [1.54, 1.807) is 60.4 Å². The van der Waals surface area contributed by atoms with E-state index in [0.717, 1.165) is 11.4 Å².